The lowest BCUT2D eigenvalue weighted by Crippen LogP contribution is -2.27. The average Bonchev–Trinajstić information content (AvgIpc) is 2.94. The smallest absolute Gasteiger partial charge is 0.227 e. The largest absolute Gasteiger partial charge is 0.496 e. The molecule has 5 rings (SSSR count). The zero-order valence-corrected chi connectivity index (χ0v) is 21.2. The first-order valence-corrected chi connectivity index (χ1v) is 11.8. The van der Waals surface area contributed by atoms with Gasteiger partial charge in [0.05, 0.1) is 25.6 Å². The number of methoxy groups -OCH3 is 2. The molecule has 10 heteroatoms. The first-order valence-electron chi connectivity index (χ1n) is 11.8. The van der Waals surface area contributed by atoms with Gasteiger partial charge in [-0.15, -0.1) is 0 Å². The number of rotatable bonds is 8. The highest BCUT2D eigenvalue weighted by Crippen LogP contribution is 2.34. The van der Waals surface area contributed by atoms with Crippen molar-refractivity contribution in [1.29, 1.82) is 0 Å². The van der Waals surface area contributed by atoms with Crippen molar-refractivity contribution in [3.8, 4) is 23.0 Å². The van der Waals surface area contributed by atoms with Gasteiger partial charge in [-0.05, 0) is 23.3 Å². The summed E-state index contributed by atoms with van der Waals surface area (Å²) < 4.78 is 16.8. The number of ether oxygens (including phenoxy) is 3. The Kier molecular flexibility index (Phi) is 6.77. The summed E-state index contributed by atoms with van der Waals surface area (Å²) in [7, 11) is 5.13. The summed E-state index contributed by atoms with van der Waals surface area (Å²) >= 11 is 0. The van der Waals surface area contributed by atoms with Gasteiger partial charge in [0.25, 0.3) is 0 Å². The Labute approximate surface area is 219 Å². The second kappa shape index (κ2) is 10.5. The Morgan fingerprint density at radius 2 is 1.37 bits per heavy atom. The molecule has 0 fully saturated rings. The van der Waals surface area contributed by atoms with Gasteiger partial charge in [-0.3, -0.25) is 0 Å². The van der Waals surface area contributed by atoms with Crippen molar-refractivity contribution in [3.63, 3.8) is 0 Å². The molecule has 2 heterocycles. The van der Waals surface area contributed by atoms with Crippen LogP contribution >= 0.6 is 0 Å². The third kappa shape index (κ3) is 5.05. The van der Waals surface area contributed by atoms with Crippen molar-refractivity contribution in [2.24, 2.45) is 0 Å². The fourth-order valence-electron chi connectivity index (χ4n) is 4.20. The molecule has 192 valence electrons. The molecule has 0 bridgehead atoms. The van der Waals surface area contributed by atoms with Crippen molar-refractivity contribution < 1.29 is 14.2 Å². The third-order valence-electron chi connectivity index (χ3n) is 6.06. The molecule has 1 atom stereocenters. The van der Waals surface area contributed by atoms with Crippen molar-refractivity contribution in [3.05, 3.63) is 90.1 Å². The maximum absolute atomic E-state index is 6.08. The molecule has 0 aliphatic heterocycles. The number of nitrogens with zero attached hydrogens (tertiary/aromatic N) is 5. The fourth-order valence-corrected chi connectivity index (χ4v) is 4.20. The summed E-state index contributed by atoms with van der Waals surface area (Å²) in [5.41, 5.74) is 14.2. The van der Waals surface area contributed by atoms with Crippen LogP contribution in [0.4, 0.5) is 17.7 Å². The Morgan fingerprint density at radius 3 is 2.03 bits per heavy atom. The van der Waals surface area contributed by atoms with E-state index in [1.54, 1.807) is 38.6 Å². The number of hydrogen-bond donors (Lipinski definition) is 2. The molecule has 1 unspecified atom stereocenters. The predicted molar refractivity (Wildman–Crippen MR) is 147 cm³/mol. The van der Waals surface area contributed by atoms with E-state index in [-0.39, 0.29) is 17.8 Å². The quantitative estimate of drug-likeness (QED) is 0.305. The van der Waals surface area contributed by atoms with Gasteiger partial charge in [0.1, 0.15) is 28.8 Å². The van der Waals surface area contributed by atoms with E-state index < -0.39 is 0 Å². The average molecular weight is 510 g/mol. The fraction of sp³-hybridized carbons (Fsp3) is 0.143. The highest BCUT2D eigenvalue weighted by atomic mass is 16.5. The van der Waals surface area contributed by atoms with Gasteiger partial charge in [0, 0.05) is 31.4 Å². The molecule has 38 heavy (non-hydrogen) atoms. The van der Waals surface area contributed by atoms with E-state index in [1.807, 2.05) is 54.4 Å². The van der Waals surface area contributed by atoms with Crippen molar-refractivity contribution in [2.45, 2.75) is 6.04 Å². The molecule has 5 aromatic rings. The molecule has 0 aliphatic carbocycles. The van der Waals surface area contributed by atoms with Gasteiger partial charge < -0.3 is 30.6 Å². The number of aromatic nitrogens is 4. The summed E-state index contributed by atoms with van der Waals surface area (Å²) in [6, 6.07) is 23.2. The van der Waals surface area contributed by atoms with Gasteiger partial charge in [-0.1, -0.05) is 42.5 Å². The molecule has 0 radical (unpaired) electrons. The summed E-state index contributed by atoms with van der Waals surface area (Å²) in [6.07, 6.45) is 1.62. The van der Waals surface area contributed by atoms with E-state index in [0.717, 1.165) is 11.1 Å². The van der Waals surface area contributed by atoms with Crippen molar-refractivity contribution in [2.75, 3.05) is 37.6 Å². The van der Waals surface area contributed by atoms with E-state index >= 15 is 0 Å². The van der Waals surface area contributed by atoms with Crippen LogP contribution in [0.1, 0.15) is 17.2 Å². The molecule has 3 aromatic carbocycles. The number of hydrogen-bond acceptors (Lipinski definition) is 10. The van der Waals surface area contributed by atoms with Crippen molar-refractivity contribution in [1.82, 2.24) is 19.9 Å². The molecule has 4 N–H and O–H groups in total. The Bertz CT molecular complexity index is 1540. The molecule has 0 amide bonds. The standard InChI is InChI=1S/C28H27N7O3/c1-35(28-31-16-23-25(29)32-27(30)33-26(23)34-28)24(17-7-5-4-6-8-17)18-9-11-19(12-10-18)38-22-14-20(36-2)13-21(15-22)37-3/h4-16,24H,1-3H3,(H4,29,30,31,32,33,34). The summed E-state index contributed by atoms with van der Waals surface area (Å²) in [4.78, 5) is 19.4. The van der Waals surface area contributed by atoms with Crippen LogP contribution in [0.15, 0.2) is 79.0 Å². The number of nitrogen functional groups attached to an aromatic ring is 2. The minimum Gasteiger partial charge on any atom is -0.496 e. The van der Waals surface area contributed by atoms with Crippen molar-refractivity contribution >= 4 is 28.7 Å². The van der Waals surface area contributed by atoms with Crippen LogP contribution in [-0.2, 0) is 0 Å². The van der Waals surface area contributed by atoms with Gasteiger partial charge >= 0.3 is 0 Å². The SMILES string of the molecule is COc1cc(OC)cc(Oc2ccc(C(c3ccccc3)N(C)c3ncc4c(N)nc(N)nc4n3)cc2)c1. The maximum Gasteiger partial charge on any atom is 0.227 e. The van der Waals surface area contributed by atoms with Gasteiger partial charge in [-0.25, -0.2) is 4.98 Å². The number of benzene rings is 3. The van der Waals surface area contributed by atoms with E-state index in [4.69, 9.17) is 25.7 Å². The lowest BCUT2D eigenvalue weighted by Gasteiger charge is -2.29. The molecular formula is C28H27N7O3. The molecule has 2 aromatic heterocycles. The van der Waals surface area contributed by atoms with Crippen LogP contribution in [0.3, 0.4) is 0 Å². The van der Waals surface area contributed by atoms with Crippen LogP contribution in [0.2, 0.25) is 0 Å². The molecular weight excluding hydrogens is 482 g/mol. The van der Waals surface area contributed by atoms with E-state index in [2.05, 4.69) is 32.1 Å². The molecule has 0 spiro atoms. The normalized spacial score (nSPS) is 11.7. The molecule has 10 nitrogen and oxygen atoms in total. The Hall–Kier alpha value is -5.12. The highest BCUT2D eigenvalue weighted by molar-refractivity contribution is 5.86. The zero-order valence-electron chi connectivity index (χ0n) is 21.2. The van der Waals surface area contributed by atoms with Crippen LogP contribution in [-0.4, -0.2) is 41.2 Å². The van der Waals surface area contributed by atoms with Gasteiger partial charge in [0.2, 0.25) is 11.9 Å². The van der Waals surface area contributed by atoms with Crippen LogP contribution in [0.5, 0.6) is 23.0 Å². The summed E-state index contributed by atoms with van der Waals surface area (Å²) in [6.45, 7) is 0. The second-order valence-corrected chi connectivity index (χ2v) is 8.52. The first-order chi connectivity index (χ1) is 18.4. The van der Waals surface area contributed by atoms with Crippen LogP contribution in [0.25, 0.3) is 11.0 Å². The summed E-state index contributed by atoms with van der Waals surface area (Å²) in [5.74, 6) is 3.33. The molecule has 0 saturated heterocycles. The van der Waals surface area contributed by atoms with Gasteiger partial charge in [-0.2, -0.15) is 15.0 Å². The molecule has 0 saturated carbocycles. The lowest BCUT2D eigenvalue weighted by atomic mass is 9.97. The van der Waals surface area contributed by atoms with E-state index in [9.17, 15) is 0 Å². The monoisotopic (exact) mass is 509 g/mol. The maximum atomic E-state index is 6.08. The third-order valence-corrected chi connectivity index (χ3v) is 6.06. The van der Waals surface area contributed by atoms with E-state index in [0.29, 0.717) is 40.0 Å². The number of anilines is 3. The van der Waals surface area contributed by atoms with Gasteiger partial charge in [0.15, 0.2) is 5.65 Å². The second-order valence-electron chi connectivity index (χ2n) is 8.52. The van der Waals surface area contributed by atoms with E-state index in [1.165, 1.54) is 0 Å². The summed E-state index contributed by atoms with van der Waals surface area (Å²) in [5, 5.41) is 0.545. The minimum atomic E-state index is -0.198. The Morgan fingerprint density at radius 1 is 0.737 bits per heavy atom. The first kappa shape index (κ1) is 24.6. The highest BCUT2D eigenvalue weighted by Gasteiger charge is 2.22. The predicted octanol–water partition coefficient (Wildman–Crippen LogP) is 4.62. The zero-order chi connectivity index (χ0) is 26.6. The number of nitrogens with two attached hydrogens (primary N) is 2. The minimum absolute atomic E-state index is 0.0613. The van der Waals surface area contributed by atoms with Crippen LogP contribution in [0, 0.1) is 0 Å². The number of fused-ring (bicyclic) bond motifs is 1. The van der Waals surface area contributed by atoms with Crippen LogP contribution < -0.4 is 30.6 Å². The topological polar surface area (TPSA) is 135 Å². The Balaban J connectivity index is 1.48. The molecule has 0 aliphatic rings. The lowest BCUT2D eigenvalue weighted by molar-refractivity contribution is 0.386.